The standard InChI is InChI=1S/C43H25N3S/c1-2-9-39-34(8-1)36-23-31(18-21-40(36)47-39)37-24-38(46-43(45-37)30-14-10-26(11-15-30)32-7-4-22-44-25-32)33-19-16-29-13-12-27-5-3-6-28-17-20-35(33)42(29)41(27)28/h1-25H. The highest BCUT2D eigenvalue weighted by atomic mass is 32.1. The van der Waals surface area contributed by atoms with Crippen LogP contribution in [0, 0.1) is 0 Å². The molecule has 3 aromatic heterocycles. The Balaban J connectivity index is 1.20. The van der Waals surface area contributed by atoms with Gasteiger partial charge in [0.1, 0.15) is 0 Å². The molecule has 0 amide bonds. The molecule has 0 aliphatic heterocycles. The Labute approximate surface area is 274 Å². The summed E-state index contributed by atoms with van der Waals surface area (Å²) < 4.78 is 2.58. The summed E-state index contributed by atoms with van der Waals surface area (Å²) in [6.07, 6.45) is 3.69. The fraction of sp³-hybridized carbons (Fsp3) is 0. The molecular formula is C43H25N3S. The summed E-state index contributed by atoms with van der Waals surface area (Å²) in [6, 6.07) is 50.0. The highest BCUT2D eigenvalue weighted by Gasteiger charge is 2.17. The molecule has 0 fully saturated rings. The minimum atomic E-state index is 0.705. The third kappa shape index (κ3) is 4.23. The monoisotopic (exact) mass is 615 g/mol. The summed E-state index contributed by atoms with van der Waals surface area (Å²) in [6.45, 7) is 0. The molecule has 10 rings (SSSR count). The third-order valence-corrected chi connectivity index (χ3v) is 10.5. The van der Waals surface area contributed by atoms with Gasteiger partial charge in [-0.25, -0.2) is 9.97 Å². The maximum atomic E-state index is 5.26. The average Bonchev–Trinajstić information content (AvgIpc) is 3.52. The van der Waals surface area contributed by atoms with Crippen LogP contribution in [0.15, 0.2) is 152 Å². The van der Waals surface area contributed by atoms with Gasteiger partial charge in [-0.3, -0.25) is 4.98 Å². The van der Waals surface area contributed by atoms with Gasteiger partial charge in [-0.05, 0) is 73.8 Å². The minimum absolute atomic E-state index is 0.705. The molecule has 4 heteroatoms. The number of hydrogen-bond donors (Lipinski definition) is 0. The highest BCUT2D eigenvalue weighted by molar-refractivity contribution is 7.25. The first kappa shape index (κ1) is 26.3. The second kappa shape index (κ2) is 10.3. The molecule has 0 spiro atoms. The topological polar surface area (TPSA) is 38.7 Å². The molecule has 0 N–H and O–H groups in total. The predicted octanol–water partition coefficient (Wildman–Crippen LogP) is 11.8. The first-order chi connectivity index (χ1) is 23.3. The number of thiophene rings is 1. The van der Waals surface area contributed by atoms with Crippen molar-refractivity contribution in [3.63, 3.8) is 0 Å². The lowest BCUT2D eigenvalue weighted by atomic mass is 9.91. The summed E-state index contributed by atoms with van der Waals surface area (Å²) in [4.78, 5) is 14.8. The van der Waals surface area contributed by atoms with Crippen molar-refractivity contribution in [3.05, 3.63) is 152 Å². The van der Waals surface area contributed by atoms with E-state index in [2.05, 4.69) is 138 Å². The molecule has 3 nitrogen and oxygen atoms in total. The zero-order valence-electron chi connectivity index (χ0n) is 25.2. The van der Waals surface area contributed by atoms with Crippen LogP contribution in [-0.2, 0) is 0 Å². The quantitative estimate of drug-likeness (QED) is 0.185. The smallest absolute Gasteiger partial charge is 0.160 e. The molecule has 3 heterocycles. The SMILES string of the molecule is c1cncc(-c2ccc(-c3nc(-c4ccc5sc6ccccc6c5c4)cc(-c4ccc5ccc6cccc7ccc4c5c67)n3)cc2)c1. The Morgan fingerprint density at radius 1 is 0.426 bits per heavy atom. The van der Waals surface area contributed by atoms with Gasteiger partial charge in [-0.2, -0.15) is 0 Å². The van der Waals surface area contributed by atoms with Crippen molar-refractivity contribution in [2.45, 2.75) is 0 Å². The van der Waals surface area contributed by atoms with E-state index in [-0.39, 0.29) is 0 Å². The molecule has 0 radical (unpaired) electrons. The zero-order valence-corrected chi connectivity index (χ0v) is 26.0. The average molecular weight is 616 g/mol. The van der Waals surface area contributed by atoms with Crippen LogP contribution in [0.4, 0.5) is 0 Å². The fourth-order valence-electron chi connectivity index (χ4n) is 7.05. The lowest BCUT2D eigenvalue weighted by Crippen LogP contribution is -1.97. The summed E-state index contributed by atoms with van der Waals surface area (Å²) in [5.74, 6) is 0.705. The molecule has 47 heavy (non-hydrogen) atoms. The van der Waals surface area contributed by atoms with Crippen LogP contribution in [0.1, 0.15) is 0 Å². The lowest BCUT2D eigenvalue weighted by molar-refractivity contribution is 1.19. The van der Waals surface area contributed by atoms with Gasteiger partial charge in [0, 0.05) is 49.3 Å². The van der Waals surface area contributed by atoms with E-state index in [0.29, 0.717) is 5.82 Å². The molecule has 10 aromatic rings. The van der Waals surface area contributed by atoms with Gasteiger partial charge in [0.15, 0.2) is 5.82 Å². The van der Waals surface area contributed by atoms with Crippen LogP contribution in [0.25, 0.3) is 97.5 Å². The van der Waals surface area contributed by atoms with Crippen molar-refractivity contribution in [3.8, 4) is 45.0 Å². The van der Waals surface area contributed by atoms with Gasteiger partial charge in [-0.15, -0.1) is 11.3 Å². The molecule has 0 aliphatic rings. The number of nitrogens with zero attached hydrogens (tertiary/aromatic N) is 3. The van der Waals surface area contributed by atoms with Gasteiger partial charge < -0.3 is 0 Å². The molecule has 0 aliphatic carbocycles. The van der Waals surface area contributed by atoms with E-state index < -0.39 is 0 Å². The normalized spacial score (nSPS) is 11.8. The van der Waals surface area contributed by atoms with Crippen molar-refractivity contribution in [1.29, 1.82) is 0 Å². The van der Waals surface area contributed by atoms with Crippen LogP contribution in [0.2, 0.25) is 0 Å². The summed E-state index contributed by atoms with van der Waals surface area (Å²) in [5.41, 5.74) is 7.17. The second-order valence-corrected chi connectivity index (χ2v) is 13.1. The number of benzene rings is 7. The van der Waals surface area contributed by atoms with E-state index in [1.165, 1.54) is 52.5 Å². The van der Waals surface area contributed by atoms with Gasteiger partial charge in [0.25, 0.3) is 0 Å². The number of rotatable bonds is 4. The second-order valence-electron chi connectivity index (χ2n) is 12.1. The van der Waals surface area contributed by atoms with E-state index in [9.17, 15) is 0 Å². The predicted molar refractivity (Wildman–Crippen MR) is 198 cm³/mol. The van der Waals surface area contributed by atoms with E-state index in [1.54, 1.807) is 6.20 Å². The Morgan fingerprint density at radius 3 is 2.00 bits per heavy atom. The zero-order chi connectivity index (χ0) is 30.9. The van der Waals surface area contributed by atoms with E-state index in [1.807, 2.05) is 23.6 Å². The van der Waals surface area contributed by atoms with Gasteiger partial charge in [-0.1, -0.05) is 109 Å². The molecule has 0 saturated heterocycles. The number of aromatic nitrogens is 3. The Morgan fingerprint density at radius 2 is 1.15 bits per heavy atom. The van der Waals surface area contributed by atoms with E-state index in [0.717, 1.165) is 39.2 Å². The molecule has 0 atom stereocenters. The summed E-state index contributed by atoms with van der Waals surface area (Å²) in [7, 11) is 0. The van der Waals surface area contributed by atoms with Crippen LogP contribution in [-0.4, -0.2) is 15.0 Å². The van der Waals surface area contributed by atoms with Crippen LogP contribution >= 0.6 is 11.3 Å². The van der Waals surface area contributed by atoms with Crippen LogP contribution in [0.3, 0.4) is 0 Å². The Hall–Kier alpha value is -5.97. The third-order valence-electron chi connectivity index (χ3n) is 9.34. The first-order valence-corrected chi connectivity index (χ1v) is 16.6. The molecule has 7 aromatic carbocycles. The first-order valence-electron chi connectivity index (χ1n) is 15.8. The Kier molecular flexibility index (Phi) is 5.74. The summed E-state index contributed by atoms with van der Waals surface area (Å²) in [5, 5.41) is 10.1. The molecular weight excluding hydrogens is 591 g/mol. The summed E-state index contributed by atoms with van der Waals surface area (Å²) >= 11 is 1.83. The van der Waals surface area contributed by atoms with E-state index in [4.69, 9.17) is 9.97 Å². The van der Waals surface area contributed by atoms with E-state index >= 15 is 0 Å². The van der Waals surface area contributed by atoms with Gasteiger partial charge in [0.05, 0.1) is 11.4 Å². The number of pyridine rings is 1. The van der Waals surface area contributed by atoms with Crippen molar-refractivity contribution < 1.29 is 0 Å². The molecule has 0 saturated carbocycles. The van der Waals surface area contributed by atoms with Gasteiger partial charge in [0.2, 0.25) is 0 Å². The highest BCUT2D eigenvalue weighted by Crippen LogP contribution is 2.41. The van der Waals surface area contributed by atoms with Crippen molar-refractivity contribution in [2.75, 3.05) is 0 Å². The van der Waals surface area contributed by atoms with Crippen molar-refractivity contribution >= 4 is 63.8 Å². The number of fused-ring (bicyclic) bond motifs is 3. The van der Waals surface area contributed by atoms with Crippen LogP contribution in [0.5, 0.6) is 0 Å². The van der Waals surface area contributed by atoms with Crippen molar-refractivity contribution in [2.24, 2.45) is 0 Å². The van der Waals surface area contributed by atoms with Gasteiger partial charge >= 0.3 is 0 Å². The Bertz CT molecular complexity index is 2770. The van der Waals surface area contributed by atoms with Crippen LogP contribution < -0.4 is 0 Å². The molecule has 218 valence electrons. The lowest BCUT2D eigenvalue weighted by Gasteiger charge is -2.15. The molecule has 0 bridgehead atoms. The maximum Gasteiger partial charge on any atom is 0.160 e. The fourth-order valence-corrected chi connectivity index (χ4v) is 8.14. The minimum Gasteiger partial charge on any atom is -0.264 e. The van der Waals surface area contributed by atoms with Crippen molar-refractivity contribution in [1.82, 2.24) is 15.0 Å². The largest absolute Gasteiger partial charge is 0.264 e. The molecule has 0 unspecified atom stereocenters. The number of hydrogen-bond acceptors (Lipinski definition) is 4. The maximum absolute atomic E-state index is 5.26.